The minimum Gasteiger partial charge on any atom is -0.444 e. The molecule has 3 amide bonds. The molecule has 2 aliphatic rings. The lowest BCUT2D eigenvalue weighted by molar-refractivity contribution is -0.117. The fourth-order valence-corrected chi connectivity index (χ4v) is 3.40. The van der Waals surface area contributed by atoms with Crippen molar-refractivity contribution in [2.75, 3.05) is 29.6 Å². The van der Waals surface area contributed by atoms with Crippen LogP contribution >= 0.6 is 0 Å². The number of carbonyl (C=O) groups is 3. The van der Waals surface area contributed by atoms with Gasteiger partial charge in [0.15, 0.2) is 0 Å². The SMILES string of the molecule is CC(CF)N1C(=O)Cc2cc(N3CC(CNC(=O)OC(C)(C)C)OC3=O)ccc21. The van der Waals surface area contributed by atoms with E-state index in [1.165, 1.54) is 9.80 Å². The summed E-state index contributed by atoms with van der Waals surface area (Å²) in [5.74, 6) is -0.161. The summed E-state index contributed by atoms with van der Waals surface area (Å²) < 4.78 is 23.5. The number of halogens is 1. The number of rotatable bonds is 5. The van der Waals surface area contributed by atoms with Gasteiger partial charge in [-0.1, -0.05) is 0 Å². The number of nitrogens with one attached hydrogen (secondary N) is 1. The minimum absolute atomic E-state index is 0.127. The lowest BCUT2D eigenvalue weighted by Crippen LogP contribution is -2.38. The highest BCUT2D eigenvalue weighted by Crippen LogP contribution is 2.35. The van der Waals surface area contributed by atoms with Gasteiger partial charge in [0.2, 0.25) is 5.91 Å². The van der Waals surface area contributed by atoms with Crippen molar-refractivity contribution < 1.29 is 28.2 Å². The Bertz CT molecular complexity index is 823. The largest absolute Gasteiger partial charge is 0.444 e. The number of nitrogens with zero attached hydrogens (tertiary/aromatic N) is 2. The fourth-order valence-electron chi connectivity index (χ4n) is 3.40. The van der Waals surface area contributed by atoms with E-state index in [2.05, 4.69) is 5.32 Å². The standard InChI is InChI=1S/C20H26FN3O5/c1-12(9-21)24-16-6-5-14(7-13(16)8-17(24)25)23-11-15(28-19(23)27)10-22-18(26)29-20(2,3)4/h5-7,12,15H,8-11H2,1-4H3,(H,22,26). The van der Waals surface area contributed by atoms with Gasteiger partial charge in [0.05, 0.1) is 25.6 Å². The number of alkyl carbamates (subject to hydrolysis) is 1. The number of hydrogen-bond donors (Lipinski definition) is 1. The van der Waals surface area contributed by atoms with E-state index >= 15 is 0 Å². The first-order chi connectivity index (χ1) is 13.6. The summed E-state index contributed by atoms with van der Waals surface area (Å²) in [6.45, 7) is 6.70. The number of alkyl halides is 1. The van der Waals surface area contributed by atoms with Crippen LogP contribution in [0.4, 0.5) is 25.4 Å². The summed E-state index contributed by atoms with van der Waals surface area (Å²) in [5.41, 5.74) is 1.39. The van der Waals surface area contributed by atoms with Crippen molar-refractivity contribution in [3.63, 3.8) is 0 Å². The van der Waals surface area contributed by atoms with Crippen LogP contribution < -0.4 is 15.1 Å². The molecule has 2 heterocycles. The average Bonchev–Trinajstić information content (AvgIpc) is 3.16. The van der Waals surface area contributed by atoms with Crippen LogP contribution in [0.5, 0.6) is 0 Å². The second kappa shape index (κ2) is 7.88. The van der Waals surface area contributed by atoms with Crippen LogP contribution in [0, 0.1) is 0 Å². The van der Waals surface area contributed by atoms with E-state index in [1.54, 1.807) is 45.9 Å². The second-order valence-corrected chi connectivity index (χ2v) is 8.26. The molecule has 0 aliphatic carbocycles. The molecule has 1 N–H and O–H groups in total. The molecule has 1 fully saturated rings. The van der Waals surface area contributed by atoms with Crippen molar-refractivity contribution >= 4 is 29.5 Å². The zero-order valence-corrected chi connectivity index (χ0v) is 17.0. The first kappa shape index (κ1) is 20.9. The molecule has 29 heavy (non-hydrogen) atoms. The maximum atomic E-state index is 13.0. The molecule has 0 radical (unpaired) electrons. The number of cyclic esters (lactones) is 1. The van der Waals surface area contributed by atoms with Gasteiger partial charge in [0.1, 0.15) is 18.4 Å². The second-order valence-electron chi connectivity index (χ2n) is 8.26. The van der Waals surface area contributed by atoms with Crippen LogP contribution in [-0.4, -0.2) is 55.6 Å². The highest BCUT2D eigenvalue weighted by molar-refractivity contribution is 6.03. The van der Waals surface area contributed by atoms with Gasteiger partial charge >= 0.3 is 12.2 Å². The number of anilines is 2. The van der Waals surface area contributed by atoms with E-state index in [-0.39, 0.29) is 25.4 Å². The van der Waals surface area contributed by atoms with Crippen LogP contribution in [0.1, 0.15) is 33.3 Å². The van der Waals surface area contributed by atoms with Crippen molar-refractivity contribution in [3.8, 4) is 0 Å². The summed E-state index contributed by atoms with van der Waals surface area (Å²) in [6, 6.07) is 4.65. The van der Waals surface area contributed by atoms with Gasteiger partial charge < -0.3 is 19.7 Å². The van der Waals surface area contributed by atoms with E-state index in [9.17, 15) is 18.8 Å². The van der Waals surface area contributed by atoms with E-state index in [1.807, 2.05) is 0 Å². The van der Waals surface area contributed by atoms with Crippen LogP contribution in [0.2, 0.25) is 0 Å². The molecule has 0 saturated carbocycles. The molecule has 2 aliphatic heterocycles. The van der Waals surface area contributed by atoms with Crippen LogP contribution in [0.25, 0.3) is 0 Å². The van der Waals surface area contributed by atoms with E-state index < -0.39 is 36.6 Å². The van der Waals surface area contributed by atoms with Crippen molar-refractivity contribution in [2.24, 2.45) is 0 Å². The van der Waals surface area contributed by atoms with Crippen molar-refractivity contribution in [1.29, 1.82) is 0 Å². The maximum Gasteiger partial charge on any atom is 0.414 e. The smallest absolute Gasteiger partial charge is 0.414 e. The Morgan fingerprint density at radius 2 is 2.10 bits per heavy atom. The molecule has 0 aromatic heterocycles. The lowest BCUT2D eigenvalue weighted by Gasteiger charge is -2.23. The molecule has 9 heteroatoms. The summed E-state index contributed by atoms with van der Waals surface area (Å²) >= 11 is 0. The van der Waals surface area contributed by atoms with Gasteiger partial charge in [-0.2, -0.15) is 0 Å². The normalized spacial score (nSPS) is 19.8. The maximum absolute atomic E-state index is 13.0. The molecule has 2 unspecified atom stereocenters. The molecule has 1 aromatic rings. The third kappa shape index (κ3) is 4.60. The predicted octanol–water partition coefficient (Wildman–Crippen LogP) is 2.78. The molecule has 8 nitrogen and oxygen atoms in total. The number of amides is 3. The van der Waals surface area contributed by atoms with E-state index in [0.717, 1.165) is 5.56 Å². The van der Waals surface area contributed by atoms with Gasteiger partial charge in [-0.25, -0.2) is 14.0 Å². The highest BCUT2D eigenvalue weighted by atomic mass is 19.1. The average molecular weight is 407 g/mol. The first-order valence-corrected chi connectivity index (χ1v) is 9.55. The van der Waals surface area contributed by atoms with Crippen molar-refractivity contribution in [2.45, 2.75) is 51.9 Å². The van der Waals surface area contributed by atoms with Crippen molar-refractivity contribution in [3.05, 3.63) is 23.8 Å². The van der Waals surface area contributed by atoms with Gasteiger partial charge in [0, 0.05) is 11.4 Å². The molecule has 0 spiro atoms. The first-order valence-electron chi connectivity index (χ1n) is 9.55. The van der Waals surface area contributed by atoms with Gasteiger partial charge in [-0.15, -0.1) is 0 Å². The van der Waals surface area contributed by atoms with Gasteiger partial charge in [0.25, 0.3) is 0 Å². The van der Waals surface area contributed by atoms with Gasteiger partial charge in [-0.05, 0) is 51.5 Å². The highest BCUT2D eigenvalue weighted by Gasteiger charge is 2.35. The molecular formula is C20H26FN3O5. The Balaban J connectivity index is 1.65. The van der Waals surface area contributed by atoms with Crippen LogP contribution in [0.15, 0.2) is 18.2 Å². The monoisotopic (exact) mass is 407 g/mol. The predicted molar refractivity (Wildman–Crippen MR) is 105 cm³/mol. The summed E-state index contributed by atoms with van der Waals surface area (Å²) in [7, 11) is 0. The van der Waals surface area contributed by atoms with Crippen LogP contribution in [0.3, 0.4) is 0 Å². The number of carbonyl (C=O) groups excluding carboxylic acids is 3. The molecule has 2 atom stereocenters. The summed E-state index contributed by atoms with van der Waals surface area (Å²) in [6.07, 6.45) is -1.46. The third-order valence-electron chi connectivity index (χ3n) is 4.66. The Hall–Kier alpha value is -2.84. The Morgan fingerprint density at radius 1 is 1.38 bits per heavy atom. The van der Waals surface area contributed by atoms with Crippen molar-refractivity contribution in [1.82, 2.24) is 5.32 Å². The van der Waals surface area contributed by atoms with E-state index in [0.29, 0.717) is 11.4 Å². The lowest BCUT2D eigenvalue weighted by atomic mass is 10.1. The number of benzene rings is 1. The minimum atomic E-state index is -0.627. The molecule has 0 bridgehead atoms. The Labute approximate surface area is 168 Å². The number of hydrogen-bond acceptors (Lipinski definition) is 5. The van der Waals surface area contributed by atoms with Crippen LogP contribution in [-0.2, 0) is 20.7 Å². The topological polar surface area (TPSA) is 88.2 Å². The molecule has 1 aromatic carbocycles. The fraction of sp³-hybridized carbons (Fsp3) is 0.550. The van der Waals surface area contributed by atoms with Gasteiger partial charge in [-0.3, -0.25) is 9.69 Å². The summed E-state index contributed by atoms with van der Waals surface area (Å²) in [4.78, 5) is 39.2. The zero-order chi connectivity index (χ0) is 21.3. The molecular weight excluding hydrogens is 381 g/mol. The molecule has 158 valence electrons. The summed E-state index contributed by atoms with van der Waals surface area (Å²) in [5, 5.41) is 2.59. The quantitative estimate of drug-likeness (QED) is 0.811. The Morgan fingerprint density at radius 3 is 2.76 bits per heavy atom. The molecule has 1 saturated heterocycles. The van der Waals surface area contributed by atoms with E-state index in [4.69, 9.17) is 9.47 Å². The third-order valence-corrected chi connectivity index (χ3v) is 4.66. The number of ether oxygens (including phenoxy) is 2. The number of fused-ring (bicyclic) bond motifs is 1. The Kier molecular flexibility index (Phi) is 5.68. The molecule has 3 rings (SSSR count). The zero-order valence-electron chi connectivity index (χ0n) is 17.0.